The molecule has 2 heterocycles. The molecule has 0 radical (unpaired) electrons. The third-order valence-corrected chi connectivity index (χ3v) is 5.69. The van der Waals surface area contributed by atoms with Crippen molar-refractivity contribution in [3.8, 4) is 5.75 Å². The summed E-state index contributed by atoms with van der Waals surface area (Å²) in [7, 11) is 0. The SMILES string of the molecule is O=C1Nc2ccccc2[C@]12CC1=C(CCC1)[C@@H](COc1ccccc1)O2. The molecule has 132 valence electrons. The topological polar surface area (TPSA) is 47.6 Å². The van der Waals surface area contributed by atoms with Gasteiger partial charge in [-0.25, -0.2) is 0 Å². The molecule has 0 saturated carbocycles. The highest BCUT2D eigenvalue weighted by Gasteiger charge is 2.53. The molecule has 0 unspecified atom stereocenters. The van der Waals surface area contributed by atoms with E-state index < -0.39 is 5.60 Å². The van der Waals surface area contributed by atoms with E-state index in [1.54, 1.807) is 0 Å². The molecule has 2 atom stereocenters. The summed E-state index contributed by atoms with van der Waals surface area (Å²) >= 11 is 0. The maximum atomic E-state index is 12.9. The van der Waals surface area contributed by atoms with E-state index >= 15 is 0 Å². The van der Waals surface area contributed by atoms with Gasteiger partial charge in [0.2, 0.25) is 0 Å². The first-order chi connectivity index (χ1) is 12.8. The number of anilines is 1. The monoisotopic (exact) mass is 347 g/mol. The van der Waals surface area contributed by atoms with E-state index in [1.165, 1.54) is 11.1 Å². The highest BCUT2D eigenvalue weighted by molar-refractivity contribution is 6.05. The minimum Gasteiger partial charge on any atom is -0.491 e. The molecule has 1 spiro atoms. The van der Waals surface area contributed by atoms with Crippen LogP contribution in [0.2, 0.25) is 0 Å². The fourth-order valence-corrected chi connectivity index (χ4v) is 4.48. The number of benzene rings is 2. The molecule has 4 nitrogen and oxygen atoms in total. The Balaban J connectivity index is 1.48. The van der Waals surface area contributed by atoms with E-state index in [-0.39, 0.29) is 12.0 Å². The second kappa shape index (κ2) is 5.99. The smallest absolute Gasteiger partial charge is 0.261 e. The van der Waals surface area contributed by atoms with Crippen LogP contribution in [0.15, 0.2) is 65.7 Å². The van der Waals surface area contributed by atoms with Gasteiger partial charge in [0.25, 0.3) is 5.91 Å². The first-order valence-electron chi connectivity index (χ1n) is 9.24. The molecule has 1 N–H and O–H groups in total. The lowest BCUT2D eigenvalue weighted by Gasteiger charge is -2.38. The van der Waals surface area contributed by atoms with Crippen LogP contribution in [0.4, 0.5) is 5.69 Å². The Bertz CT molecular complexity index is 889. The lowest BCUT2D eigenvalue weighted by molar-refractivity contribution is -0.152. The molecule has 1 aliphatic carbocycles. The van der Waals surface area contributed by atoms with Crippen molar-refractivity contribution in [1.29, 1.82) is 0 Å². The van der Waals surface area contributed by atoms with Crippen LogP contribution in [-0.4, -0.2) is 18.6 Å². The Labute approximate surface area is 152 Å². The summed E-state index contributed by atoms with van der Waals surface area (Å²) in [4.78, 5) is 12.9. The van der Waals surface area contributed by atoms with Crippen LogP contribution in [-0.2, 0) is 15.1 Å². The molecule has 5 rings (SSSR count). The summed E-state index contributed by atoms with van der Waals surface area (Å²) in [5.41, 5.74) is 3.62. The summed E-state index contributed by atoms with van der Waals surface area (Å²) in [5.74, 6) is 0.772. The number of fused-ring (bicyclic) bond motifs is 2. The van der Waals surface area contributed by atoms with Gasteiger partial charge in [0.05, 0.1) is 0 Å². The summed E-state index contributed by atoms with van der Waals surface area (Å²) in [6.07, 6.45) is 3.70. The van der Waals surface area contributed by atoms with Crippen molar-refractivity contribution in [1.82, 2.24) is 0 Å². The van der Waals surface area contributed by atoms with Crippen molar-refractivity contribution in [3.05, 3.63) is 71.3 Å². The van der Waals surface area contributed by atoms with Gasteiger partial charge in [0, 0.05) is 17.7 Å². The molecule has 0 fully saturated rings. The minimum absolute atomic E-state index is 0.0538. The standard InChI is InChI=1S/C22H21NO3/c24-21-22(18-11-4-5-12-19(18)23-21)13-15-7-6-10-17(15)20(26-22)14-25-16-8-2-1-3-9-16/h1-5,8-9,11-12,20H,6-7,10,13-14H2,(H,23,24)/t20-,22-/m1/s1. The number of carbonyl (C=O) groups excluding carboxylic acids is 1. The fourth-order valence-electron chi connectivity index (χ4n) is 4.48. The molecule has 4 heteroatoms. The number of hydrogen-bond acceptors (Lipinski definition) is 3. The second-order valence-electron chi connectivity index (χ2n) is 7.22. The fraction of sp³-hybridized carbons (Fsp3) is 0.318. The first kappa shape index (κ1) is 15.6. The Kier molecular flexibility index (Phi) is 3.61. The van der Waals surface area contributed by atoms with E-state index in [2.05, 4.69) is 5.32 Å². The van der Waals surface area contributed by atoms with Crippen LogP contribution in [0.1, 0.15) is 31.2 Å². The van der Waals surface area contributed by atoms with Crippen LogP contribution in [0.25, 0.3) is 0 Å². The van der Waals surface area contributed by atoms with Gasteiger partial charge in [-0.15, -0.1) is 0 Å². The van der Waals surface area contributed by atoms with E-state index in [9.17, 15) is 4.79 Å². The normalized spacial score (nSPS) is 26.6. The quantitative estimate of drug-likeness (QED) is 0.847. The third-order valence-electron chi connectivity index (χ3n) is 5.69. The number of rotatable bonds is 3. The van der Waals surface area contributed by atoms with Gasteiger partial charge in [0.1, 0.15) is 18.5 Å². The zero-order valence-corrected chi connectivity index (χ0v) is 14.5. The Morgan fingerprint density at radius 3 is 2.77 bits per heavy atom. The van der Waals surface area contributed by atoms with Gasteiger partial charge < -0.3 is 14.8 Å². The number of para-hydroxylation sites is 2. The number of carbonyl (C=O) groups is 1. The lowest BCUT2D eigenvalue weighted by atomic mass is 9.83. The van der Waals surface area contributed by atoms with E-state index in [1.807, 2.05) is 54.6 Å². The van der Waals surface area contributed by atoms with Gasteiger partial charge >= 0.3 is 0 Å². The third kappa shape index (κ3) is 2.36. The molecule has 2 aromatic carbocycles. The van der Waals surface area contributed by atoms with Crippen molar-refractivity contribution in [2.24, 2.45) is 0 Å². The molecule has 2 aliphatic heterocycles. The minimum atomic E-state index is -0.912. The van der Waals surface area contributed by atoms with Gasteiger partial charge in [-0.05, 0) is 43.0 Å². The summed E-state index contributed by atoms with van der Waals surface area (Å²) in [5, 5.41) is 3.00. The average Bonchev–Trinajstić information content (AvgIpc) is 3.25. The first-order valence-corrected chi connectivity index (χ1v) is 9.24. The van der Waals surface area contributed by atoms with Crippen LogP contribution in [0.3, 0.4) is 0 Å². The molecule has 2 aromatic rings. The Morgan fingerprint density at radius 2 is 1.88 bits per heavy atom. The molecule has 0 aromatic heterocycles. The maximum Gasteiger partial charge on any atom is 0.261 e. The van der Waals surface area contributed by atoms with Crippen molar-refractivity contribution in [2.75, 3.05) is 11.9 Å². The molecular formula is C22H21NO3. The zero-order chi connectivity index (χ0) is 17.6. The van der Waals surface area contributed by atoms with Gasteiger partial charge in [-0.2, -0.15) is 0 Å². The predicted octanol–water partition coefficient (Wildman–Crippen LogP) is 4.18. The largest absolute Gasteiger partial charge is 0.491 e. The number of amides is 1. The lowest BCUT2D eigenvalue weighted by Crippen LogP contribution is -2.46. The van der Waals surface area contributed by atoms with Crippen LogP contribution >= 0.6 is 0 Å². The summed E-state index contributed by atoms with van der Waals surface area (Å²) in [6.45, 7) is 0.431. The second-order valence-corrected chi connectivity index (χ2v) is 7.22. The Morgan fingerprint density at radius 1 is 1.08 bits per heavy atom. The van der Waals surface area contributed by atoms with E-state index in [4.69, 9.17) is 9.47 Å². The molecule has 0 bridgehead atoms. The number of ether oxygens (including phenoxy) is 2. The summed E-state index contributed by atoms with van der Waals surface area (Å²) < 4.78 is 12.5. The molecule has 3 aliphatic rings. The molecule has 0 saturated heterocycles. The molecule has 1 amide bonds. The molecule has 26 heavy (non-hydrogen) atoms. The highest BCUT2D eigenvalue weighted by atomic mass is 16.6. The van der Waals surface area contributed by atoms with Crippen molar-refractivity contribution in [3.63, 3.8) is 0 Å². The van der Waals surface area contributed by atoms with Crippen molar-refractivity contribution >= 4 is 11.6 Å². The van der Waals surface area contributed by atoms with Crippen LogP contribution in [0, 0.1) is 0 Å². The Hall–Kier alpha value is -2.59. The van der Waals surface area contributed by atoms with Crippen molar-refractivity contribution < 1.29 is 14.3 Å². The van der Waals surface area contributed by atoms with Crippen LogP contribution < -0.4 is 10.1 Å². The van der Waals surface area contributed by atoms with E-state index in [0.29, 0.717) is 13.0 Å². The molecular weight excluding hydrogens is 326 g/mol. The highest BCUT2D eigenvalue weighted by Crippen LogP contribution is 2.51. The number of nitrogens with one attached hydrogen (secondary N) is 1. The number of hydrogen-bond donors (Lipinski definition) is 1. The zero-order valence-electron chi connectivity index (χ0n) is 14.5. The van der Waals surface area contributed by atoms with Gasteiger partial charge in [-0.3, -0.25) is 4.79 Å². The van der Waals surface area contributed by atoms with E-state index in [0.717, 1.165) is 36.3 Å². The van der Waals surface area contributed by atoms with Gasteiger partial charge in [-0.1, -0.05) is 42.0 Å². The van der Waals surface area contributed by atoms with Crippen molar-refractivity contribution in [2.45, 2.75) is 37.4 Å². The maximum absolute atomic E-state index is 12.9. The predicted molar refractivity (Wildman–Crippen MR) is 99.1 cm³/mol. The summed E-state index contributed by atoms with van der Waals surface area (Å²) in [6, 6.07) is 17.6. The van der Waals surface area contributed by atoms with Gasteiger partial charge in [0.15, 0.2) is 5.60 Å². The average molecular weight is 347 g/mol. The van der Waals surface area contributed by atoms with Crippen LogP contribution in [0.5, 0.6) is 5.75 Å².